The van der Waals surface area contributed by atoms with Gasteiger partial charge in [0.05, 0.1) is 13.2 Å². The van der Waals surface area contributed by atoms with Crippen molar-refractivity contribution in [2.24, 2.45) is 4.99 Å². The zero-order valence-corrected chi connectivity index (χ0v) is 18.7. The highest BCUT2D eigenvalue weighted by Crippen LogP contribution is 2.19. The minimum atomic E-state index is -0.221. The van der Waals surface area contributed by atoms with Crippen molar-refractivity contribution < 1.29 is 9.13 Å². The van der Waals surface area contributed by atoms with E-state index >= 15 is 0 Å². The molecule has 0 aliphatic carbocycles. The Morgan fingerprint density at radius 1 is 1.30 bits per heavy atom. The predicted octanol–water partition coefficient (Wildman–Crippen LogP) is 2.60. The third-order valence-electron chi connectivity index (χ3n) is 4.19. The Bertz CT molecular complexity index is 706. The average molecular weight is 491 g/mol. The molecular weight excluding hydrogens is 460 g/mol. The summed E-state index contributed by atoms with van der Waals surface area (Å²) in [6, 6.07) is 4.85. The number of nitrogens with one attached hydrogen (secondary N) is 3. The first-order valence-electron chi connectivity index (χ1n) is 9.09. The maximum atomic E-state index is 13.3. The minimum Gasteiger partial charge on any atom is -0.383 e. The molecule has 0 atom stereocenters. The summed E-state index contributed by atoms with van der Waals surface area (Å²) >= 11 is 0. The summed E-state index contributed by atoms with van der Waals surface area (Å²) < 4.78 is 18.3. The lowest BCUT2D eigenvalue weighted by Crippen LogP contribution is -2.39. The Hall–Kier alpha value is -1.39. The first-order chi connectivity index (χ1) is 12.6. The number of hydrogen-bond acceptors (Lipinski definition) is 3. The molecule has 0 aliphatic rings. The van der Waals surface area contributed by atoms with Gasteiger partial charge < -0.3 is 25.3 Å². The molecule has 27 heavy (non-hydrogen) atoms. The summed E-state index contributed by atoms with van der Waals surface area (Å²) in [6.45, 7) is 6.86. The molecule has 0 unspecified atom stereocenters. The van der Waals surface area contributed by atoms with Gasteiger partial charge in [-0.1, -0.05) is 0 Å². The van der Waals surface area contributed by atoms with Crippen molar-refractivity contribution >= 4 is 40.8 Å². The second-order valence-electron chi connectivity index (χ2n) is 6.24. The standard InChI is InChI=1S/C19H30FN5O.HI/c1-4-21-19(23-9-10-25(2)11-12-26-3)22-8-7-15-14-24-18-13-16(20)5-6-17(15)18;/h5-6,13-14,24H,4,7-12H2,1-3H3,(H2,21,22,23);1H. The number of aromatic amines is 1. The summed E-state index contributed by atoms with van der Waals surface area (Å²) in [5.41, 5.74) is 2.00. The Morgan fingerprint density at radius 2 is 2.11 bits per heavy atom. The van der Waals surface area contributed by atoms with Gasteiger partial charge in [0, 0.05) is 50.4 Å². The van der Waals surface area contributed by atoms with Crippen molar-refractivity contribution in [2.45, 2.75) is 13.3 Å². The molecule has 0 amide bonds. The normalized spacial score (nSPS) is 11.7. The molecule has 0 spiro atoms. The number of halogens is 2. The number of benzene rings is 1. The number of H-pyrrole nitrogens is 1. The fraction of sp³-hybridized carbons (Fsp3) is 0.526. The molecule has 1 aromatic carbocycles. The van der Waals surface area contributed by atoms with Gasteiger partial charge in [-0.25, -0.2) is 4.39 Å². The number of nitrogens with zero attached hydrogens (tertiary/aromatic N) is 2. The van der Waals surface area contributed by atoms with Gasteiger partial charge in [0.1, 0.15) is 5.82 Å². The van der Waals surface area contributed by atoms with E-state index in [-0.39, 0.29) is 29.8 Å². The van der Waals surface area contributed by atoms with E-state index in [2.05, 4.69) is 39.5 Å². The molecule has 3 N–H and O–H groups in total. The van der Waals surface area contributed by atoms with Crippen molar-refractivity contribution in [3.8, 4) is 0 Å². The smallest absolute Gasteiger partial charge is 0.191 e. The number of fused-ring (bicyclic) bond motifs is 1. The van der Waals surface area contributed by atoms with E-state index in [1.165, 1.54) is 17.7 Å². The lowest BCUT2D eigenvalue weighted by atomic mass is 10.1. The quantitative estimate of drug-likeness (QED) is 0.272. The summed E-state index contributed by atoms with van der Waals surface area (Å²) in [5.74, 6) is 0.597. The molecule has 0 aliphatic heterocycles. The van der Waals surface area contributed by atoms with Crippen LogP contribution in [-0.2, 0) is 11.2 Å². The van der Waals surface area contributed by atoms with Crippen LogP contribution in [0.2, 0.25) is 0 Å². The van der Waals surface area contributed by atoms with Gasteiger partial charge in [-0.3, -0.25) is 4.99 Å². The molecule has 1 aromatic heterocycles. The van der Waals surface area contributed by atoms with Gasteiger partial charge in [-0.05, 0) is 44.2 Å². The van der Waals surface area contributed by atoms with Crippen LogP contribution in [0.15, 0.2) is 29.4 Å². The number of hydrogen-bond donors (Lipinski definition) is 3. The molecule has 6 nitrogen and oxygen atoms in total. The Balaban J connectivity index is 0.00000364. The van der Waals surface area contributed by atoms with Gasteiger partial charge >= 0.3 is 0 Å². The van der Waals surface area contributed by atoms with E-state index in [0.717, 1.165) is 62.6 Å². The highest BCUT2D eigenvalue weighted by molar-refractivity contribution is 14.0. The van der Waals surface area contributed by atoms with Gasteiger partial charge in [0.15, 0.2) is 5.96 Å². The first kappa shape index (κ1) is 23.6. The fourth-order valence-corrected chi connectivity index (χ4v) is 2.71. The average Bonchev–Trinajstić information content (AvgIpc) is 3.02. The van der Waals surface area contributed by atoms with E-state index in [4.69, 9.17) is 4.74 Å². The second kappa shape index (κ2) is 12.9. The monoisotopic (exact) mass is 491 g/mol. The van der Waals surface area contributed by atoms with Crippen LogP contribution in [0, 0.1) is 5.82 Å². The van der Waals surface area contributed by atoms with Crippen LogP contribution >= 0.6 is 24.0 Å². The molecule has 0 radical (unpaired) electrons. The fourth-order valence-electron chi connectivity index (χ4n) is 2.71. The molecule has 8 heteroatoms. The predicted molar refractivity (Wildman–Crippen MR) is 121 cm³/mol. The number of guanidine groups is 1. The summed E-state index contributed by atoms with van der Waals surface area (Å²) in [5, 5.41) is 7.69. The molecule has 152 valence electrons. The van der Waals surface area contributed by atoms with Crippen molar-refractivity contribution in [3.05, 3.63) is 35.8 Å². The van der Waals surface area contributed by atoms with Crippen LogP contribution in [0.1, 0.15) is 12.5 Å². The molecule has 2 aromatic rings. The molecule has 0 saturated heterocycles. The number of aromatic nitrogens is 1. The maximum absolute atomic E-state index is 13.3. The van der Waals surface area contributed by atoms with Crippen molar-refractivity contribution in [3.63, 3.8) is 0 Å². The molecule has 1 heterocycles. The number of methoxy groups -OCH3 is 1. The molecule has 0 saturated carbocycles. The zero-order chi connectivity index (χ0) is 18.8. The van der Waals surface area contributed by atoms with E-state index in [1.807, 2.05) is 12.3 Å². The van der Waals surface area contributed by atoms with Gasteiger partial charge in [-0.2, -0.15) is 0 Å². The van der Waals surface area contributed by atoms with E-state index in [0.29, 0.717) is 0 Å². The van der Waals surface area contributed by atoms with Gasteiger partial charge in [0.2, 0.25) is 0 Å². The highest BCUT2D eigenvalue weighted by atomic mass is 127. The van der Waals surface area contributed by atoms with E-state index in [1.54, 1.807) is 7.11 Å². The highest BCUT2D eigenvalue weighted by Gasteiger charge is 2.05. The second-order valence-corrected chi connectivity index (χ2v) is 6.24. The number of ether oxygens (including phenoxy) is 1. The van der Waals surface area contributed by atoms with Crippen LogP contribution in [0.3, 0.4) is 0 Å². The van der Waals surface area contributed by atoms with Gasteiger partial charge in [-0.15, -0.1) is 24.0 Å². The molecular formula is C19H31FIN5O. The Morgan fingerprint density at radius 3 is 2.85 bits per heavy atom. The maximum Gasteiger partial charge on any atom is 0.191 e. The van der Waals surface area contributed by atoms with E-state index < -0.39 is 0 Å². The zero-order valence-electron chi connectivity index (χ0n) is 16.3. The third kappa shape index (κ3) is 8.02. The summed E-state index contributed by atoms with van der Waals surface area (Å²) in [7, 11) is 3.78. The SMILES string of the molecule is CCNC(=NCCN(C)CCOC)NCCc1c[nH]c2cc(F)ccc12.I. The topological polar surface area (TPSA) is 64.7 Å². The Kier molecular flexibility index (Phi) is 11.3. The molecule has 2 rings (SSSR count). The summed E-state index contributed by atoms with van der Waals surface area (Å²) in [4.78, 5) is 9.93. The van der Waals surface area contributed by atoms with Crippen LogP contribution in [0.25, 0.3) is 10.9 Å². The molecule has 0 bridgehead atoms. The van der Waals surface area contributed by atoms with Crippen LogP contribution in [0.5, 0.6) is 0 Å². The number of rotatable bonds is 10. The van der Waals surface area contributed by atoms with Crippen molar-refractivity contribution in [2.75, 3.05) is 53.5 Å². The molecule has 0 fully saturated rings. The van der Waals surface area contributed by atoms with Crippen LogP contribution < -0.4 is 10.6 Å². The third-order valence-corrected chi connectivity index (χ3v) is 4.19. The summed E-state index contributed by atoms with van der Waals surface area (Å²) in [6.07, 6.45) is 2.78. The van der Waals surface area contributed by atoms with Crippen LogP contribution in [-0.4, -0.2) is 69.3 Å². The van der Waals surface area contributed by atoms with Crippen molar-refractivity contribution in [1.82, 2.24) is 20.5 Å². The van der Waals surface area contributed by atoms with Gasteiger partial charge in [0.25, 0.3) is 0 Å². The van der Waals surface area contributed by atoms with Crippen LogP contribution in [0.4, 0.5) is 4.39 Å². The van der Waals surface area contributed by atoms with Crippen molar-refractivity contribution in [1.29, 1.82) is 0 Å². The lowest BCUT2D eigenvalue weighted by molar-refractivity contribution is 0.163. The van der Waals surface area contributed by atoms with E-state index in [9.17, 15) is 4.39 Å². The first-order valence-corrected chi connectivity index (χ1v) is 9.09. The number of likely N-dealkylation sites (N-methyl/N-ethyl adjacent to an activating group) is 1. The number of aliphatic imine (C=N–C) groups is 1. The lowest BCUT2D eigenvalue weighted by Gasteiger charge is -2.15. The Labute approximate surface area is 178 Å². The minimum absolute atomic E-state index is 0. The largest absolute Gasteiger partial charge is 0.383 e.